The predicted octanol–water partition coefficient (Wildman–Crippen LogP) is 2.36. The van der Waals surface area contributed by atoms with Gasteiger partial charge in [-0.3, -0.25) is 4.99 Å². The molecule has 3 rings (SSSR count). The van der Waals surface area contributed by atoms with E-state index < -0.39 is 0 Å². The molecule has 0 aromatic heterocycles. The van der Waals surface area contributed by atoms with Crippen molar-refractivity contribution in [2.24, 2.45) is 10.9 Å². The lowest BCUT2D eigenvalue weighted by Gasteiger charge is -2.37. The summed E-state index contributed by atoms with van der Waals surface area (Å²) < 4.78 is 25.1. The molecule has 6 nitrogen and oxygen atoms in total. The van der Waals surface area contributed by atoms with Crippen LogP contribution in [0.5, 0.6) is 0 Å². The van der Waals surface area contributed by atoms with Gasteiger partial charge in [0.15, 0.2) is 5.96 Å². The molecule has 1 unspecified atom stereocenters. The van der Waals surface area contributed by atoms with Crippen molar-refractivity contribution in [3.05, 3.63) is 30.1 Å². The van der Waals surface area contributed by atoms with Crippen LogP contribution in [-0.4, -0.2) is 76.6 Å². The highest BCUT2D eigenvalue weighted by molar-refractivity contribution is 5.80. The molecule has 2 heterocycles. The molecule has 1 atom stereocenters. The Bertz CT molecular complexity index is 614. The molecule has 2 saturated heterocycles. The quantitative estimate of drug-likeness (QED) is 0.418. The monoisotopic (exact) mass is 392 g/mol. The number of nitrogens with zero attached hydrogens (tertiary/aromatic N) is 3. The molecule has 0 spiro atoms. The maximum atomic E-state index is 14.0. The van der Waals surface area contributed by atoms with Gasteiger partial charge in [-0.15, -0.1) is 0 Å². The first-order valence-corrected chi connectivity index (χ1v) is 10.5. The summed E-state index contributed by atoms with van der Waals surface area (Å²) in [6.45, 7) is 10.1. The Labute approximate surface area is 167 Å². The maximum Gasteiger partial charge on any atom is 0.194 e. The number of benzene rings is 1. The standard InChI is InChI=1S/C21H33FN4O2/c1-2-23-21(24-9-5-14-27-16-18-8-15-28-17-18)26-12-10-25(11-13-26)20-7-4-3-6-19(20)22/h3-4,6-7,18H,2,5,8-17H2,1H3,(H,23,24). The molecule has 7 heteroatoms. The highest BCUT2D eigenvalue weighted by atomic mass is 19.1. The van der Waals surface area contributed by atoms with Crippen molar-refractivity contribution in [1.82, 2.24) is 10.2 Å². The highest BCUT2D eigenvalue weighted by Crippen LogP contribution is 2.20. The molecule has 2 aliphatic heterocycles. The van der Waals surface area contributed by atoms with Crippen LogP contribution >= 0.6 is 0 Å². The first kappa shape index (κ1) is 20.9. The van der Waals surface area contributed by atoms with Crippen LogP contribution in [0.1, 0.15) is 19.8 Å². The van der Waals surface area contributed by atoms with Crippen molar-refractivity contribution in [2.45, 2.75) is 19.8 Å². The van der Waals surface area contributed by atoms with Crippen LogP contribution in [0.25, 0.3) is 0 Å². The predicted molar refractivity (Wildman–Crippen MR) is 111 cm³/mol. The molecule has 0 radical (unpaired) electrons. The zero-order valence-electron chi connectivity index (χ0n) is 16.9. The largest absolute Gasteiger partial charge is 0.381 e. The Morgan fingerprint density at radius 2 is 2.11 bits per heavy atom. The molecule has 1 N–H and O–H groups in total. The van der Waals surface area contributed by atoms with Gasteiger partial charge in [-0.1, -0.05) is 12.1 Å². The zero-order valence-corrected chi connectivity index (χ0v) is 16.9. The Hall–Kier alpha value is -1.86. The van der Waals surface area contributed by atoms with Gasteiger partial charge in [-0.05, 0) is 31.9 Å². The van der Waals surface area contributed by atoms with E-state index in [1.807, 2.05) is 12.1 Å². The molecule has 0 saturated carbocycles. The fourth-order valence-corrected chi connectivity index (χ4v) is 3.61. The summed E-state index contributed by atoms with van der Waals surface area (Å²) in [4.78, 5) is 9.12. The molecule has 28 heavy (non-hydrogen) atoms. The number of para-hydroxylation sites is 1. The fourth-order valence-electron chi connectivity index (χ4n) is 3.61. The van der Waals surface area contributed by atoms with Crippen LogP contribution in [0.4, 0.5) is 10.1 Å². The number of hydrogen-bond acceptors (Lipinski definition) is 4. The first-order chi connectivity index (χ1) is 13.8. The lowest BCUT2D eigenvalue weighted by Crippen LogP contribution is -2.52. The Balaban J connectivity index is 1.41. The third-order valence-corrected chi connectivity index (χ3v) is 5.19. The normalized spacial score (nSPS) is 20.6. The first-order valence-electron chi connectivity index (χ1n) is 10.5. The van der Waals surface area contributed by atoms with E-state index in [4.69, 9.17) is 14.5 Å². The fraction of sp³-hybridized carbons (Fsp3) is 0.667. The summed E-state index contributed by atoms with van der Waals surface area (Å²) in [5, 5.41) is 3.38. The van der Waals surface area contributed by atoms with Crippen LogP contribution < -0.4 is 10.2 Å². The van der Waals surface area contributed by atoms with Crippen molar-refractivity contribution in [2.75, 3.05) is 70.6 Å². The summed E-state index contributed by atoms with van der Waals surface area (Å²) in [5.41, 5.74) is 0.689. The molecule has 0 bridgehead atoms. The van der Waals surface area contributed by atoms with Gasteiger partial charge in [0.1, 0.15) is 5.82 Å². The van der Waals surface area contributed by atoms with Crippen molar-refractivity contribution in [3.8, 4) is 0 Å². The second-order valence-electron chi connectivity index (χ2n) is 7.32. The number of nitrogens with one attached hydrogen (secondary N) is 1. The maximum absolute atomic E-state index is 14.0. The van der Waals surface area contributed by atoms with Gasteiger partial charge in [0.25, 0.3) is 0 Å². The minimum Gasteiger partial charge on any atom is -0.381 e. The van der Waals surface area contributed by atoms with Gasteiger partial charge >= 0.3 is 0 Å². The molecule has 1 aromatic rings. The van der Waals surface area contributed by atoms with E-state index in [1.54, 1.807) is 6.07 Å². The number of hydrogen-bond donors (Lipinski definition) is 1. The summed E-state index contributed by atoms with van der Waals surface area (Å²) >= 11 is 0. The summed E-state index contributed by atoms with van der Waals surface area (Å²) in [7, 11) is 0. The van der Waals surface area contributed by atoms with E-state index in [-0.39, 0.29) is 5.82 Å². The van der Waals surface area contributed by atoms with Crippen LogP contribution in [-0.2, 0) is 9.47 Å². The molecule has 0 amide bonds. The van der Waals surface area contributed by atoms with Gasteiger partial charge in [0.05, 0.1) is 18.9 Å². The third kappa shape index (κ3) is 6.07. The third-order valence-electron chi connectivity index (χ3n) is 5.19. The van der Waals surface area contributed by atoms with E-state index in [1.165, 1.54) is 6.07 Å². The van der Waals surface area contributed by atoms with Crippen LogP contribution in [0.3, 0.4) is 0 Å². The molecule has 1 aromatic carbocycles. The Kier molecular flexibility index (Phi) is 8.36. The van der Waals surface area contributed by atoms with Crippen molar-refractivity contribution >= 4 is 11.6 Å². The number of aliphatic imine (C=N–C) groups is 1. The summed E-state index contributed by atoms with van der Waals surface area (Å²) in [5.74, 6) is 1.35. The number of piperazine rings is 1. The molecule has 2 aliphatic rings. The summed E-state index contributed by atoms with van der Waals surface area (Å²) in [6, 6.07) is 6.99. The average molecular weight is 393 g/mol. The van der Waals surface area contributed by atoms with Crippen LogP contribution in [0.15, 0.2) is 29.3 Å². The SMILES string of the molecule is CCNC(=NCCCOCC1CCOC1)N1CCN(c2ccccc2F)CC1. The summed E-state index contributed by atoms with van der Waals surface area (Å²) in [6.07, 6.45) is 2.03. The van der Waals surface area contributed by atoms with Crippen LogP contribution in [0, 0.1) is 11.7 Å². The van der Waals surface area contributed by atoms with Gasteiger partial charge in [-0.25, -0.2) is 4.39 Å². The smallest absolute Gasteiger partial charge is 0.194 e. The molecular weight excluding hydrogens is 359 g/mol. The zero-order chi connectivity index (χ0) is 19.6. The highest BCUT2D eigenvalue weighted by Gasteiger charge is 2.21. The van der Waals surface area contributed by atoms with E-state index in [9.17, 15) is 4.39 Å². The number of anilines is 1. The average Bonchev–Trinajstić information content (AvgIpc) is 3.24. The van der Waals surface area contributed by atoms with Crippen molar-refractivity contribution in [1.29, 1.82) is 0 Å². The molecule has 0 aliphatic carbocycles. The number of halogens is 1. The van der Waals surface area contributed by atoms with Gasteiger partial charge < -0.3 is 24.6 Å². The lowest BCUT2D eigenvalue weighted by molar-refractivity contribution is 0.0893. The number of guanidine groups is 1. The van der Waals surface area contributed by atoms with E-state index in [0.717, 1.165) is 84.5 Å². The molecular formula is C21H33FN4O2. The lowest BCUT2D eigenvalue weighted by atomic mass is 10.1. The second kappa shape index (κ2) is 11.2. The topological polar surface area (TPSA) is 49.3 Å². The molecule has 2 fully saturated rings. The molecule has 156 valence electrons. The van der Waals surface area contributed by atoms with Gasteiger partial charge in [0.2, 0.25) is 0 Å². The Morgan fingerprint density at radius 1 is 1.29 bits per heavy atom. The van der Waals surface area contributed by atoms with E-state index in [2.05, 4.69) is 22.0 Å². The van der Waals surface area contributed by atoms with Crippen LogP contribution in [0.2, 0.25) is 0 Å². The van der Waals surface area contributed by atoms with Gasteiger partial charge in [-0.2, -0.15) is 0 Å². The Morgan fingerprint density at radius 3 is 2.82 bits per heavy atom. The minimum absolute atomic E-state index is 0.152. The number of ether oxygens (including phenoxy) is 2. The van der Waals surface area contributed by atoms with Crippen molar-refractivity contribution < 1.29 is 13.9 Å². The number of rotatable bonds is 8. The van der Waals surface area contributed by atoms with E-state index >= 15 is 0 Å². The second-order valence-corrected chi connectivity index (χ2v) is 7.32. The van der Waals surface area contributed by atoms with Gasteiger partial charge in [0, 0.05) is 58.4 Å². The van der Waals surface area contributed by atoms with E-state index in [0.29, 0.717) is 11.6 Å². The van der Waals surface area contributed by atoms with Crippen molar-refractivity contribution in [3.63, 3.8) is 0 Å². The minimum atomic E-state index is -0.152.